The molecule has 2 saturated heterocycles. The number of benzene rings is 3. The van der Waals surface area contributed by atoms with Crippen molar-refractivity contribution in [1.29, 1.82) is 0 Å². The number of hydrogen-bond acceptors (Lipinski definition) is 17. The Labute approximate surface area is 305 Å². The largest absolute Gasteiger partial charge is 0.508 e. The lowest BCUT2D eigenvalue weighted by Gasteiger charge is -2.46. The van der Waals surface area contributed by atoms with Gasteiger partial charge in [0, 0.05) is 23.8 Å². The summed E-state index contributed by atoms with van der Waals surface area (Å²) in [5.41, 5.74) is -0.145. The molecule has 288 valence electrons. The maximum Gasteiger partial charge on any atom is 0.330 e. The minimum atomic E-state index is -1.99. The van der Waals surface area contributed by atoms with Crippen LogP contribution in [0.3, 0.4) is 0 Å². The number of aromatic hydroxyl groups is 3. The average molecular weight is 755 g/mol. The predicted molar refractivity (Wildman–Crippen MR) is 184 cm³/mol. The number of aliphatic hydroxyl groups is 6. The van der Waals surface area contributed by atoms with Crippen molar-refractivity contribution in [3.8, 4) is 34.3 Å². The summed E-state index contributed by atoms with van der Waals surface area (Å²) in [6.07, 6.45) is -15.3. The van der Waals surface area contributed by atoms with Gasteiger partial charge in [0.2, 0.25) is 0 Å². The number of rotatable bonds is 10. The number of carbonyl (C=O) groups excluding carboxylic acids is 1. The molecule has 2 fully saturated rings. The van der Waals surface area contributed by atoms with E-state index in [4.69, 9.17) is 28.1 Å². The molecule has 0 spiro atoms. The molecule has 0 bridgehead atoms. The SMILES string of the molecule is COc1cc2oc(-c3ccc(O)cc3)cc(=O)c2c(O)c1[C@@H]1OC(CO)[C@@H](O)[C@H](O)C1O[C@@H]1OC(COC(=O)/C=C/c2ccc(O)cc2)[C@@H](O)C(O)C1O. The molecule has 5 unspecified atom stereocenters. The van der Waals surface area contributed by atoms with Gasteiger partial charge in [-0.2, -0.15) is 0 Å². The molecule has 4 aromatic rings. The van der Waals surface area contributed by atoms with E-state index < -0.39 is 91.6 Å². The van der Waals surface area contributed by atoms with Crippen LogP contribution in [0.5, 0.6) is 23.0 Å². The van der Waals surface area contributed by atoms with Gasteiger partial charge in [-0.05, 0) is 48.0 Å². The Morgan fingerprint density at radius 2 is 1.46 bits per heavy atom. The number of ether oxygens (including phenoxy) is 5. The van der Waals surface area contributed by atoms with Crippen molar-refractivity contribution in [3.63, 3.8) is 0 Å². The highest BCUT2D eigenvalue weighted by Gasteiger charge is 2.52. The molecule has 3 heterocycles. The molecule has 9 N–H and O–H groups in total. The Kier molecular flexibility index (Phi) is 11.5. The number of hydrogen-bond donors (Lipinski definition) is 9. The third kappa shape index (κ3) is 7.76. The number of fused-ring (bicyclic) bond motifs is 1. The summed E-state index contributed by atoms with van der Waals surface area (Å²) in [5, 5.41) is 94.7. The summed E-state index contributed by atoms with van der Waals surface area (Å²) in [6, 6.07) is 14.1. The van der Waals surface area contributed by atoms with E-state index in [0.717, 1.165) is 12.1 Å². The van der Waals surface area contributed by atoms with Gasteiger partial charge in [0.05, 0.1) is 19.3 Å². The minimum absolute atomic E-state index is 0.0185. The van der Waals surface area contributed by atoms with Crippen LogP contribution in [0.2, 0.25) is 0 Å². The quantitative estimate of drug-likeness (QED) is 0.0772. The number of methoxy groups -OCH3 is 1. The first-order valence-corrected chi connectivity index (χ1v) is 16.6. The molecule has 2 aliphatic rings. The van der Waals surface area contributed by atoms with Crippen molar-refractivity contribution in [2.45, 2.75) is 61.2 Å². The first kappa shape index (κ1) is 38.6. The van der Waals surface area contributed by atoms with Crippen molar-refractivity contribution >= 4 is 23.0 Å². The number of esters is 1. The van der Waals surface area contributed by atoms with Crippen molar-refractivity contribution in [1.82, 2.24) is 0 Å². The van der Waals surface area contributed by atoms with Gasteiger partial charge in [-0.3, -0.25) is 4.79 Å². The van der Waals surface area contributed by atoms with E-state index in [1.807, 2.05) is 0 Å². The zero-order chi connectivity index (χ0) is 38.8. The van der Waals surface area contributed by atoms with E-state index in [-0.39, 0.29) is 39.5 Å². The summed E-state index contributed by atoms with van der Waals surface area (Å²) in [6.45, 7) is -1.47. The van der Waals surface area contributed by atoms with Crippen LogP contribution >= 0.6 is 0 Å². The second-order valence-corrected chi connectivity index (χ2v) is 12.7. The van der Waals surface area contributed by atoms with Gasteiger partial charge in [-0.25, -0.2) is 4.79 Å². The average Bonchev–Trinajstić information content (AvgIpc) is 3.16. The van der Waals surface area contributed by atoms with Gasteiger partial charge in [0.15, 0.2) is 11.7 Å². The Morgan fingerprint density at radius 1 is 0.815 bits per heavy atom. The van der Waals surface area contributed by atoms with Gasteiger partial charge in [-0.15, -0.1) is 0 Å². The van der Waals surface area contributed by atoms with E-state index in [1.165, 1.54) is 55.7 Å². The van der Waals surface area contributed by atoms with Crippen LogP contribution in [0.15, 0.2) is 76.0 Å². The topological polar surface area (TPSA) is 275 Å². The van der Waals surface area contributed by atoms with Crippen LogP contribution in [0.25, 0.3) is 28.4 Å². The predicted octanol–water partition coefficient (Wildman–Crippen LogP) is 0.189. The normalized spacial score (nSPS) is 28.6. The van der Waals surface area contributed by atoms with Gasteiger partial charge in [-0.1, -0.05) is 12.1 Å². The lowest BCUT2D eigenvalue weighted by molar-refractivity contribution is -0.342. The summed E-state index contributed by atoms with van der Waals surface area (Å²) in [4.78, 5) is 25.9. The van der Waals surface area contributed by atoms with Crippen LogP contribution < -0.4 is 10.2 Å². The summed E-state index contributed by atoms with van der Waals surface area (Å²) < 4.78 is 34.1. The Balaban J connectivity index is 1.29. The van der Waals surface area contributed by atoms with Crippen molar-refractivity contribution < 1.29 is 78.9 Å². The highest BCUT2D eigenvalue weighted by molar-refractivity contribution is 5.88. The van der Waals surface area contributed by atoms with Crippen LogP contribution in [0.1, 0.15) is 17.2 Å². The van der Waals surface area contributed by atoms with Crippen LogP contribution in [0.4, 0.5) is 0 Å². The van der Waals surface area contributed by atoms with Gasteiger partial charge < -0.3 is 74.1 Å². The fourth-order valence-corrected chi connectivity index (χ4v) is 6.27. The first-order chi connectivity index (χ1) is 25.8. The molecule has 0 amide bonds. The van der Waals surface area contributed by atoms with Gasteiger partial charge in [0.1, 0.15) is 101 Å². The zero-order valence-corrected chi connectivity index (χ0v) is 28.4. The monoisotopic (exact) mass is 754 g/mol. The summed E-state index contributed by atoms with van der Waals surface area (Å²) >= 11 is 0. The molecule has 0 radical (unpaired) electrons. The number of phenols is 3. The molecule has 17 nitrogen and oxygen atoms in total. The summed E-state index contributed by atoms with van der Waals surface area (Å²) in [7, 11) is 1.22. The van der Waals surface area contributed by atoms with E-state index in [0.29, 0.717) is 11.1 Å². The molecular weight excluding hydrogens is 716 g/mol. The van der Waals surface area contributed by atoms with Crippen molar-refractivity contribution in [2.75, 3.05) is 20.3 Å². The van der Waals surface area contributed by atoms with E-state index in [1.54, 1.807) is 12.1 Å². The van der Waals surface area contributed by atoms with Gasteiger partial charge >= 0.3 is 5.97 Å². The Hall–Kier alpha value is -5.08. The Morgan fingerprint density at radius 3 is 2.11 bits per heavy atom. The smallest absolute Gasteiger partial charge is 0.330 e. The van der Waals surface area contributed by atoms with E-state index in [9.17, 15) is 55.5 Å². The second-order valence-electron chi connectivity index (χ2n) is 12.7. The number of phenolic OH excluding ortho intramolecular Hbond substituents is 3. The molecule has 17 heteroatoms. The van der Waals surface area contributed by atoms with E-state index >= 15 is 0 Å². The van der Waals surface area contributed by atoms with Crippen LogP contribution in [0, 0.1) is 0 Å². The van der Waals surface area contributed by atoms with Crippen LogP contribution in [-0.2, 0) is 23.7 Å². The molecule has 6 rings (SSSR count). The fourth-order valence-electron chi connectivity index (χ4n) is 6.27. The lowest BCUT2D eigenvalue weighted by Crippen LogP contribution is -2.63. The standard InChI is InChI=1S/C37H38O17/c1-49-22-13-23-27(20(41)12-21(51-23)17-5-9-19(40)10-6-17)31(45)28(22)35-36(33(47)29(43)24(14-38)52-35)54-37-34(48)32(46)30(44)25(53-37)15-50-26(42)11-4-16-2-7-18(39)8-3-16/h2-13,24-25,29-30,32-40,43-48H,14-15H2,1H3/b11-4+/t24?,25?,29-,30-,32?,33+,34?,35+,36?,37+/m1/s1. The molecule has 54 heavy (non-hydrogen) atoms. The van der Waals surface area contributed by atoms with Crippen LogP contribution in [-0.4, -0.2) is 127 Å². The lowest BCUT2D eigenvalue weighted by atomic mass is 9.89. The highest BCUT2D eigenvalue weighted by Crippen LogP contribution is 2.46. The third-order valence-electron chi connectivity index (χ3n) is 9.17. The van der Waals surface area contributed by atoms with Crippen molar-refractivity contribution in [2.24, 2.45) is 0 Å². The highest BCUT2D eigenvalue weighted by atomic mass is 16.7. The minimum Gasteiger partial charge on any atom is -0.508 e. The number of carbonyl (C=O) groups is 1. The fraction of sp³-hybridized carbons (Fsp3) is 0.351. The zero-order valence-electron chi connectivity index (χ0n) is 28.4. The third-order valence-corrected chi connectivity index (χ3v) is 9.17. The van der Waals surface area contributed by atoms with E-state index in [2.05, 4.69) is 0 Å². The molecule has 0 aliphatic carbocycles. The maximum absolute atomic E-state index is 13.4. The first-order valence-electron chi connectivity index (χ1n) is 16.6. The Bertz CT molecular complexity index is 2030. The van der Waals surface area contributed by atoms with Gasteiger partial charge in [0.25, 0.3) is 0 Å². The summed E-state index contributed by atoms with van der Waals surface area (Å²) in [5.74, 6) is -1.66. The molecule has 10 atom stereocenters. The molecule has 0 saturated carbocycles. The molecule has 3 aromatic carbocycles. The maximum atomic E-state index is 13.4. The second kappa shape index (κ2) is 16.1. The molecule has 2 aliphatic heterocycles. The molecule has 1 aromatic heterocycles. The van der Waals surface area contributed by atoms with Crippen molar-refractivity contribution in [3.05, 3.63) is 88.1 Å². The molecular formula is C37H38O17. The number of aliphatic hydroxyl groups excluding tert-OH is 6.